The lowest BCUT2D eigenvalue weighted by molar-refractivity contribution is 0.260. The van der Waals surface area contributed by atoms with Crippen LogP contribution in [0.5, 0.6) is 5.75 Å². The van der Waals surface area contributed by atoms with Gasteiger partial charge in [0.1, 0.15) is 23.2 Å². The molecule has 0 bridgehead atoms. The fourth-order valence-corrected chi connectivity index (χ4v) is 4.75. The number of methoxy groups -OCH3 is 1. The Morgan fingerprint density at radius 1 is 1.09 bits per heavy atom. The first-order valence-electron chi connectivity index (χ1n) is 11.7. The maximum Gasteiger partial charge on any atom is 0.145 e. The topological polar surface area (TPSA) is 60.2 Å². The number of ether oxygens (including phenoxy) is 1. The molecule has 0 spiro atoms. The van der Waals surface area contributed by atoms with Gasteiger partial charge in [-0.05, 0) is 74.4 Å². The maximum absolute atomic E-state index is 14.7. The monoisotopic (exact) mass is 469 g/mol. The summed E-state index contributed by atoms with van der Waals surface area (Å²) in [5, 5.41) is 4.20. The Kier molecular flexibility index (Phi) is 7.85. The minimum atomic E-state index is -0.456. The summed E-state index contributed by atoms with van der Waals surface area (Å²) in [5.41, 5.74) is 8.11. The molecule has 1 saturated carbocycles. The number of nitrogens with zero attached hydrogens (tertiary/aromatic N) is 1. The van der Waals surface area contributed by atoms with E-state index in [0.717, 1.165) is 48.7 Å². The van der Waals surface area contributed by atoms with Crippen molar-refractivity contribution in [1.29, 1.82) is 0 Å². The number of hydrogen-bond acceptors (Lipinski definition) is 4. The van der Waals surface area contributed by atoms with Gasteiger partial charge in [0, 0.05) is 35.1 Å². The molecular formula is C27H30F3N3O. The van der Waals surface area contributed by atoms with E-state index in [9.17, 15) is 13.2 Å². The summed E-state index contributed by atoms with van der Waals surface area (Å²) in [7, 11) is 1.58. The Morgan fingerprint density at radius 3 is 2.65 bits per heavy atom. The number of nitrogens with one attached hydrogen (secondary N) is 1. The van der Waals surface area contributed by atoms with Crippen LogP contribution in [0.25, 0.3) is 17.0 Å². The Labute approximate surface area is 198 Å². The predicted octanol–water partition coefficient (Wildman–Crippen LogP) is 5.39. The van der Waals surface area contributed by atoms with Gasteiger partial charge in [0.05, 0.1) is 18.8 Å². The molecule has 0 aliphatic heterocycles. The molecule has 1 heterocycles. The van der Waals surface area contributed by atoms with Crippen LogP contribution >= 0.6 is 0 Å². The minimum Gasteiger partial charge on any atom is -0.497 e. The highest BCUT2D eigenvalue weighted by Gasteiger charge is 2.26. The number of nitrogens with two attached hydrogens (primary N) is 1. The highest BCUT2D eigenvalue weighted by Crippen LogP contribution is 2.30. The van der Waals surface area contributed by atoms with E-state index in [-0.39, 0.29) is 17.4 Å². The summed E-state index contributed by atoms with van der Waals surface area (Å²) in [6.45, 7) is 0.577. The molecule has 0 radical (unpaired) electrons. The number of pyridine rings is 1. The van der Waals surface area contributed by atoms with Crippen molar-refractivity contribution < 1.29 is 17.9 Å². The molecule has 0 amide bonds. The van der Waals surface area contributed by atoms with Crippen molar-refractivity contribution in [3.05, 3.63) is 77.2 Å². The average molecular weight is 470 g/mol. The largest absolute Gasteiger partial charge is 0.497 e. The van der Waals surface area contributed by atoms with Crippen LogP contribution in [0.1, 0.15) is 36.8 Å². The molecule has 1 aliphatic carbocycles. The standard InChI is InChI=1S/C27H30F3N3O/c1-34-21-9-11-27-23(14-21)22(25(30)16-33-27)15-26(31)17-4-7-20(8-5-17)32-12-2-3-18-13-19(28)6-10-24(18)29/h2-3,6,9-11,13-14,16-17,20,26,32H,4-5,7-8,12,15,31H2,1H3/b3-2+/t17-,20+,26-/m1/s1. The molecular weight excluding hydrogens is 439 g/mol. The third-order valence-corrected chi connectivity index (χ3v) is 6.73. The van der Waals surface area contributed by atoms with Crippen LogP contribution < -0.4 is 15.8 Å². The second-order valence-corrected chi connectivity index (χ2v) is 8.92. The number of halogens is 3. The van der Waals surface area contributed by atoms with Gasteiger partial charge in [0.2, 0.25) is 0 Å². The Bertz CT molecular complexity index is 1160. The number of fused-ring (bicyclic) bond motifs is 1. The van der Waals surface area contributed by atoms with E-state index in [1.807, 2.05) is 18.2 Å². The van der Waals surface area contributed by atoms with Crippen LogP contribution in [0.3, 0.4) is 0 Å². The van der Waals surface area contributed by atoms with Gasteiger partial charge >= 0.3 is 0 Å². The molecule has 3 aromatic rings. The molecule has 180 valence electrons. The molecule has 0 unspecified atom stereocenters. The van der Waals surface area contributed by atoms with Crippen molar-refractivity contribution in [1.82, 2.24) is 10.3 Å². The molecule has 1 atom stereocenters. The first-order valence-corrected chi connectivity index (χ1v) is 11.7. The van der Waals surface area contributed by atoms with Gasteiger partial charge in [0.15, 0.2) is 0 Å². The van der Waals surface area contributed by atoms with Crippen molar-refractivity contribution in [2.45, 2.75) is 44.2 Å². The van der Waals surface area contributed by atoms with E-state index in [4.69, 9.17) is 10.5 Å². The van der Waals surface area contributed by atoms with Crippen LogP contribution in [-0.2, 0) is 6.42 Å². The van der Waals surface area contributed by atoms with Gasteiger partial charge in [-0.2, -0.15) is 0 Å². The van der Waals surface area contributed by atoms with Crippen molar-refractivity contribution in [3.8, 4) is 5.75 Å². The van der Waals surface area contributed by atoms with Crippen molar-refractivity contribution >= 4 is 17.0 Å². The van der Waals surface area contributed by atoms with Gasteiger partial charge < -0.3 is 15.8 Å². The lowest BCUT2D eigenvalue weighted by Gasteiger charge is -2.32. The zero-order valence-corrected chi connectivity index (χ0v) is 19.2. The van der Waals surface area contributed by atoms with Crippen LogP contribution in [0.4, 0.5) is 13.2 Å². The Balaban J connectivity index is 1.30. The first-order chi connectivity index (χ1) is 16.4. The lowest BCUT2D eigenvalue weighted by atomic mass is 9.79. The number of benzene rings is 2. The second kappa shape index (κ2) is 11.0. The van der Waals surface area contributed by atoms with E-state index >= 15 is 0 Å². The third-order valence-electron chi connectivity index (χ3n) is 6.73. The first kappa shape index (κ1) is 24.2. The summed E-state index contributed by atoms with van der Waals surface area (Å²) in [5.74, 6) is -0.266. The van der Waals surface area contributed by atoms with Crippen LogP contribution in [0, 0.1) is 23.4 Å². The van der Waals surface area contributed by atoms with Crippen LogP contribution in [-0.4, -0.2) is 30.7 Å². The smallest absolute Gasteiger partial charge is 0.145 e. The molecule has 34 heavy (non-hydrogen) atoms. The van der Waals surface area contributed by atoms with Crippen molar-refractivity contribution in [2.75, 3.05) is 13.7 Å². The quantitative estimate of drug-likeness (QED) is 0.464. The van der Waals surface area contributed by atoms with Crippen molar-refractivity contribution in [3.63, 3.8) is 0 Å². The van der Waals surface area contributed by atoms with Crippen LogP contribution in [0.15, 0.2) is 48.7 Å². The number of rotatable bonds is 8. The summed E-state index contributed by atoms with van der Waals surface area (Å²) in [6, 6.07) is 9.07. The molecule has 1 aromatic heterocycles. The lowest BCUT2D eigenvalue weighted by Crippen LogP contribution is -2.40. The summed E-state index contributed by atoms with van der Waals surface area (Å²) in [4.78, 5) is 4.19. The molecule has 1 aliphatic rings. The molecule has 4 rings (SSSR count). The zero-order valence-electron chi connectivity index (χ0n) is 19.2. The maximum atomic E-state index is 14.7. The van der Waals surface area contributed by atoms with Gasteiger partial charge in [-0.25, -0.2) is 13.2 Å². The molecule has 7 heteroatoms. The molecule has 0 saturated heterocycles. The van der Waals surface area contributed by atoms with Gasteiger partial charge in [-0.15, -0.1) is 0 Å². The average Bonchev–Trinajstić information content (AvgIpc) is 2.85. The predicted molar refractivity (Wildman–Crippen MR) is 129 cm³/mol. The van der Waals surface area contributed by atoms with E-state index in [2.05, 4.69) is 10.3 Å². The van der Waals surface area contributed by atoms with Gasteiger partial charge in [-0.3, -0.25) is 4.98 Å². The van der Waals surface area contributed by atoms with Crippen molar-refractivity contribution in [2.24, 2.45) is 11.7 Å². The third kappa shape index (κ3) is 5.77. The SMILES string of the molecule is COc1ccc2ncc(F)c(C[C@@H](N)[C@H]3CC[C@@H](NC/C=C/c4cc(F)ccc4F)CC3)c2c1. The number of hydrogen-bond donors (Lipinski definition) is 2. The van der Waals surface area contributed by atoms with E-state index in [1.54, 1.807) is 19.3 Å². The van der Waals surface area contributed by atoms with E-state index < -0.39 is 11.6 Å². The summed E-state index contributed by atoms with van der Waals surface area (Å²) < 4.78 is 46.9. The highest BCUT2D eigenvalue weighted by molar-refractivity contribution is 5.83. The highest BCUT2D eigenvalue weighted by atomic mass is 19.1. The summed E-state index contributed by atoms with van der Waals surface area (Å²) >= 11 is 0. The fraction of sp³-hybridized carbons (Fsp3) is 0.370. The fourth-order valence-electron chi connectivity index (χ4n) is 4.75. The molecule has 4 nitrogen and oxygen atoms in total. The minimum absolute atomic E-state index is 0.150. The van der Waals surface area contributed by atoms with Gasteiger partial charge in [0.25, 0.3) is 0 Å². The normalized spacial score (nSPS) is 19.6. The molecule has 3 N–H and O–H groups in total. The Hall–Kier alpha value is -2.90. The zero-order chi connectivity index (χ0) is 24.1. The molecule has 1 fully saturated rings. The number of aromatic nitrogens is 1. The Morgan fingerprint density at radius 2 is 1.88 bits per heavy atom. The van der Waals surface area contributed by atoms with Crippen LogP contribution in [0.2, 0.25) is 0 Å². The van der Waals surface area contributed by atoms with E-state index in [1.165, 1.54) is 12.3 Å². The second-order valence-electron chi connectivity index (χ2n) is 8.92. The van der Waals surface area contributed by atoms with Gasteiger partial charge in [-0.1, -0.05) is 12.2 Å². The molecule has 2 aromatic carbocycles. The summed E-state index contributed by atoms with van der Waals surface area (Å²) in [6.07, 6.45) is 8.95. The van der Waals surface area contributed by atoms with E-state index in [0.29, 0.717) is 36.2 Å².